The average molecular weight is 257 g/mol. The molecule has 0 aromatic heterocycles. The maximum atomic E-state index is 3.72. The van der Waals surface area contributed by atoms with Crippen molar-refractivity contribution in [2.24, 2.45) is 17.8 Å². The molecule has 0 spiro atoms. The van der Waals surface area contributed by atoms with E-state index >= 15 is 0 Å². The summed E-state index contributed by atoms with van der Waals surface area (Å²) in [7, 11) is 0. The zero-order valence-corrected chi connectivity index (χ0v) is 13.3. The summed E-state index contributed by atoms with van der Waals surface area (Å²) < 4.78 is 0. The van der Waals surface area contributed by atoms with Gasteiger partial charge in [0.1, 0.15) is 0 Å². The highest BCUT2D eigenvalue weighted by Gasteiger charge is 2.35. The normalized spacial score (nSPS) is 36.2. The smallest absolute Gasteiger partial charge is 0.0229 e. The zero-order valence-electron chi connectivity index (χ0n) is 12.5. The molecule has 1 rings (SSSR count). The van der Waals surface area contributed by atoms with E-state index in [4.69, 9.17) is 0 Å². The van der Waals surface area contributed by atoms with Crippen LogP contribution in [0.15, 0.2) is 0 Å². The first-order chi connectivity index (χ1) is 7.95. The molecule has 1 nitrogen and oxygen atoms in total. The van der Waals surface area contributed by atoms with Crippen molar-refractivity contribution in [1.82, 2.24) is 5.32 Å². The minimum atomic E-state index is 0.727. The van der Waals surface area contributed by atoms with Crippen LogP contribution in [0.2, 0.25) is 0 Å². The molecule has 0 saturated heterocycles. The summed E-state index contributed by atoms with van der Waals surface area (Å²) in [4.78, 5) is 0. The van der Waals surface area contributed by atoms with E-state index in [1.165, 1.54) is 12.8 Å². The van der Waals surface area contributed by atoms with E-state index in [-0.39, 0.29) is 0 Å². The van der Waals surface area contributed by atoms with E-state index in [1.807, 2.05) is 0 Å². The van der Waals surface area contributed by atoms with E-state index in [0.29, 0.717) is 0 Å². The third-order valence-electron chi connectivity index (χ3n) is 4.16. The van der Waals surface area contributed by atoms with Gasteiger partial charge in [-0.15, -0.1) is 0 Å². The second kappa shape index (κ2) is 7.04. The fourth-order valence-electron chi connectivity index (χ4n) is 2.92. The molecule has 0 aromatic carbocycles. The van der Waals surface area contributed by atoms with Gasteiger partial charge in [-0.3, -0.25) is 0 Å². The van der Waals surface area contributed by atoms with Crippen LogP contribution in [-0.4, -0.2) is 23.1 Å². The minimum absolute atomic E-state index is 0.727. The van der Waals surface area contributed by atoms with Crippen molar-refractivity contribution in [3.8, 4) is 0 Å². The molecule has 5 atom stereocenters. The average Bonchev–Trinajstić information content (AvgIpc) is 2.23. The predicted molar refractivity (Wildman–Crippen MR) is 80.7 cm³/mol. The van der Waals surface area contributed by atoms with Gasteiger partial charge in [0.15, 0.2) is 0 Å². The molecule has 0 radical (unpaired) electrons. The number of thioether (sulfide) groups is 1. The molecule has 0 aromatic rings. The molecule has 102 valence electrons. The van der Waals surface area contributed by atoms with Gasteiger partial charge >= 0.3 is 0 Å². The van der Waals surface area contributed by atoms with Gasteiger partial charge in [0.25, 0.3) is 0 Å². The van der Waals surface area contributed by atoms with Crippen molar-refractivity contribution in [3.05, 3.63) is 0 Å². The number of nitrogens with one attached hydrogen (secondary N) is 1. The summed E-state index contributed by atoms with van der Waals surface area (Å²) >= 11 is 2.22. The molecular formula is C15H31NS. The van der Waals surface area contributed by atoms with E-state index in [1.54, 1.807) is 0 Å². The summed E-state index contributed by atoms with van der Waals surface area (Å²) in [6.45, 7) is 15.3. The minimum Gasteiger partial charge on any atom is -0.313 e. The van der Waals surface area contributed by atoms with Crippen LogP contribution in [0.3, 0.4) is 0 Å². The monoisotopic (exact) mass is 257 g/mol. The Morgan fingerprint density at radius 1 is 1.18 bits per heavy atom. The van der Waals surface area contributed by atoms with Crippen LogP contribution in [0.25, 0.3) is 0 Å². The molecule has 2 heteroatoms. The second-order valence-electron chi connectivity index (χ2n) is 6.27. The van der Waals surface area contributed by atoms with Gasteiger partial charge in [-0.25, -0.2) is 0 Å². The van der Waals surface area contributed by atoms with Gasteiger partial charge in [-0.2, -0.15) is 11.8 Å². The first-order valence-corrected chi connectivity index (χ1v) is 8.28. The standard InChI is InChI=1S/C15H31NS/c1-7-16-14-9-11(4)8-12(5)15(14)17-13(6)10(2)3/h10-16H,7-9H2,1-6H3. The van der Waals surface area contributed by atoms with Crippen LogP contribution < -0.4 is 5.32 Å². The van der Waals surface area contributed by atoms with E-state index < -0.39 is 0 Å². The lowest BCUT2D eigenvalue weighted by Gasteiger charge is -2.41. The van der Waals surface area contributed by atoms with Crippen LogP contribution in [0.5, 0.6) is 0 Å². The van der Waals surface area contributed by atoms with Gasteiger partial charge in [0.05, 0.1) is 0 Å². The molecular weight excluding hydrogens is 226 g/mol. The van der Waals surface area contributed by atoms with Gasteiger partial charge in [0, 0.05) is 16.5 Å². The maximum Gasteiger partial charge on any atom is 0.0229 e. The SMILES string of the molecule is CCNC1CC(C)CC(C)C1SC(C)C(C)C. The first-order valence-electron chi connectivity index (χ1n) is 7.34. The lowest BCUT2D eigenvalue weighted by Crippen LogP contribution is -2.47. The van der Waals surface area contributed by atoms with Gasteiger partial charge in [-0.1, -0.05) is 41.5 Å². The maximum absolute atomic E-state index is 3.72. The molecule has 0 bridgehead atoms. The molecule has 0 heterocycles. The largest absolute Gasteiger partial charge is 0.313 e. The van der Waals surface area contributed by atoms with E-state index in [9.17, 15) is 0 Å². The van der Waals surface area contributed by atoms with Crippen LogP contribution in [-0.2, 0) is 0 Å². The Kier molecular flexibility index (Phi) is 6.36. The molecule has 1 N–H and O–H groups in total. The molecule has 17 heavy (non-hydrogen) atoms. The van der Waals surface area contributed by atoms with Crippen LogP contribution in [0.4, 0.5) is 0 Å². The Morgan fingerprint density at radius 3 is 2.35 bits per heavy atom. The summed E-state index contributed by atoms with van der Waals surface area (Å²) in [5.41, 5.74) is 0. The fraction of sp³-hybridized carbons (Fsp3) is 1.00. The third-order valence-corrected chi connectivity index (χ3v) is 6.25. The Bertz CT molecular complexity index is 217. The van der Waals surface area contributed by atoms with Crippen molar-refractivity contribution < 1.29 is 0 Å². The molecule has 0 aliphatic heterocycles. The predicted octanol–water partition coefficient (Wildman–Crippen LogP) is 4.18. The summed E-state index contributed by atoms with van der Waals surface area (Å²) in [6, 6.07) is 0.727. The zero-order chi connectivity index (χ0) is 13.0. The molecule has 1 fully saturated rings. The lowest BCUT2D eigenvalue weighted by atomic mass is 9.80. The number of hydrogen-bond donors (Lipinski definition) is 1. The molecule has 0 amide bonds. The molecule has 1 saturated carbocycles. The molecule has 5 unspecified atom stereocenters. The highest BCUT2D eigenvalue weighted by molar-refractivity contribution is 8.00. The summed E-state index contributed by atoms with van der Waals surface area (Å²) in [6.07, 6.45) is 2.77. The first kappa shape index (κ1) is 15.4. The fourth-order valence-corrected chi connectivity index (χ4v) is 4.51. The van der Waals surface area contributed by atoms with E-state index in [0.717, 1.165) is 40.8 Å². The van der Waals surface area contributed by atoms with E-state index in [2.05, 4.69) is 58.6 Å². The lowest BCUT2D eigenvalue weighted by molar-refractivity contribution is 0.250. The van der Waals surface area contributed by atoms with Gasteiger partial charge < -0.3 is 5.32 Å². The van der Waals surface area contributed by atoms with Crippen molar-refractivity contribution in [3.63, 3.8) is 0 Å². The Labute approximate surface area is 113 Å². The molecule has 1 aliphatic carbocycles. The van der Waals surface area contributed by atoms with Crippen molar-refractivity contribution >= 4 is 11.8 Å². The molecule has 1 aliphatic rings. The van der Waals surface area contributed by atoms with Crippen LogP contribution in [0, 0.1) is 17.8 Å². The number of hydrogen-bond acceptors (Lipinski definition) is 2. The Morgan fingerprint density at radius 2 is 1.82 bits per heavy atom. The van der Waals surface area contributed by atoms with Crippen LogP contribution >= 0.6 is 11.8 Å². The Hall–Kier alpha value is 0.310. The Balaban J connectivity index is 2.63. The quantitative estimate of drug-likeness (QED) is 0.793. The van der Waals surface area contributed by atoms with Crippen molar-refractivity contribution in [2.75, 3.05) is 6.54 Å². The number of rotatable bonds is 5. The summed E-state index contributed by atoms with van der Waals surface area (Å²) in [5.74, 6) is 2.53. The van der Waals surface area contributed by atoms with Crippen molar-refractivity contribution in [2.45, 2.75) is 70.9 Å². The van der Waals surface area contributed by atoms with Gasteiger partial charge in [0.2, 0.25) is 0 Å². The van der Waals surface area contributed by atoms with Crippen LogP contribution in [0.1, 0.15) is 54.4 Å². The van der Waals surface area contributed by atoms with Crippen molar-refractivity contribution in [1.29, 1.82) is 0 Å². The highest BCUT2D eigenvalue weighted by Crippen LogP contribution is 2.39. The topological polar surface area (TPSA) is 12.0 Å². The summed E-state index contributed by atoms with van der Waals surface area (Å²) in [5, 5.41) is 5.30. The third kappa shape index (κ3) is 4.48. The second-order valence-corrected chi connectivity index (χ2v) is 7.83. The highest BCUT2D eigenvalue weighted by atomic mass is 32.2. The van der Waals surface area contributed by atoms with Gasteiger partial charge in [-0.05, 0) is 37.1 Å².